The summed E-state index contributed by atoms with van der Waals surface area (Å²) in [5.74, 6) is 0.721. The third-order valence-electron chi connectivity index (χ3n) is 3.92. The molecule has 1 aliphatic heterocycles. The smallest absolute Gasteiger partial charge is 0.241 e. The van der Waals surface area contributed by atoms with Crippen molar-refractivity contribution in [1.29, 1.82) is 0 Å². The number of hydrogen-bond donors (Lipinski definition) is 3. The molecule has 1 aromatic heterocycles. The molecule has 7 heteroatoms. The first-order valence-corrected chi connectivity index (χ1v) is 7.34. The number of benzene rings is 1. The molecule has 3 rings (SSSR count). The van der Waals surface area contributed by atoms with Gasteiger partial charge >= 0.3 is 0 Å². The van der Waals surface area contributed by atoms with Crippen molar-refractivity contribution in [3.63, 3.8) is 0 Å². The number of aromatic amines is 1. The lowest BCUT2D eigenvalue weighted by molar-refractivity contribution is -0.119. The SMILES string of the molecule is NC(C(=O)Nc1ccc(-c2ncn[nH]2)cc1)C1CCOCC1. The van der Waals surface area contributed by atoms with Crippen LogP contribution in [0.2, 0.25) is 0 Å². The molecule has 2 heterocycles. The minimum absolute atomic E-state index is 0.153. The van der Waals surface area contributed by atoms with E-state index in [4.69, 9.17) is 10.5 Å². The number of rotatable bonds is 4. The van der Waals surface area contributed by atoms with Crippen molar-refractivity contribution in [2.75, 3.05) is 18.5 Å². The fraction of sp³-hybridized carbons (Fsp3) is 0.400. The van der Waals surface area contributed by atoms with E-state index in [0.717, 1.165) is 24.1 Å². The fourth-order valence-corrected chi connectivity index (χ4v) is 2.57. The minimum atomic E-state index is -0.502. The van der Waals surface area contributed by atoms with Crippen LogP contribution in [0, 0.1) is 5.92 Å². The molecule has 1 amide bonds. The summed E-state index contributed by atoms with van der Waals surface area (Å²) in [5.41, 5.74) is 7.68. The van der Waals surface area contributed by atoms with Crippen LogP contribution in [0.5, 0.6) is 0 Å². The Morgan fingerprint density at radius 3 is 2.68 bits per heavy atom. The standard InChI is InChI=1S/C15H19N5O2/c16-13(10-5-7-22-8-6-10)15(21)19-12-3-1-11(2-4-12)14-17-9-18-20-14/h1-4,9-10,13H,5-8,16H2,(H,19,21)(H,17,18,20). The van der Waals surface area contributed by atoms with E-state index in [1.807, 2.05) is 24.3 Å². The maximum absolute atomic E-state index is 12.2. The summed E-state index contributed by atoms with van der Waals surface area (Å²) in [6, 6.07) is 6.89. The Hall–Kier alpha value is -2.25. The van der Waals surface area contributed by atoms with Gasteiger partial charge in [-0.05, 0) is 43.0 Å². The van der Waals surface area contributed by atoms with Gasteiger partial charge in [-0.15, -0.1) is 0 Å². The van der Waals surface area contributed by atoms with E-state index in [1.54, 1.807) is 0 Å². The number of hydrogen-bond acceptors (Lipinski definition) is 5. The number of carbonyl (C=O) groups excluding carboxylic acids is 1. The molecule has 1 aromatic carbocycles. The Kier molecular flexibility index (Phi) is 4.45. The lowest BCUT2D eigenvalue weighted by Crippen LogP contribution is -2.43. The molecule has 1 saturated heterocycles. The molecule has 22 heavy (non-hydrogen) atoms. The summed E-state index contributed by atoms with van der Waals surface area (Å²) in [7, 11) is 0. The number of amides is 1. The highest BCUT2D eigenvalue weighted by Crippen LogP contribution is 2.20. The molecule has 2 aromatic rings. The first kappa shape index (κ1) is 14.7. The maximum atomic E-state index is 12.2. The number of aromatic nitrogens is 3. The van der Waals surface area contributed by atoms with Crippen molar-refractivity contribution in [2.45, 2.75) is 18.9 Å². The van der Waals surface area contributed by atoms with E-state index in [2.05, 4.69) is 20.5 Å². The van der Waals surface area contributed by atoms with E-state index in [1.165, 1.54) is 6.33 Å². The van der Waals surface area contributed by atoms with Crippen LogP contribution in [-0.2, 0) is 9.53 Å². The van der Waals surface area contributed by atoms with Crippen LogP contribution in [0.1, 0.15) is 12.8 Å². The molecule has 0 bridgehead atoms. The highest BCUT2D eigenvalue weighted by atomic mass is 16.5. The molecular formula is C15H19N5O2. The lowest BCUT2D eigenvalue weighted by Gasteiger charge is -2.26. The Balaban J connectivity index is 1.61. The monoisotopic (exact) mass is 301 g/mol. The zero-order valence-corrected chi connectivity index (χ0v) is 12.2. The third-order valence-corrected chi connectivity index (χ3v) is 3.92. The van der Waals surface area contributed by atoms with Gasteiger partial charge in [-0.1, -0.05) is 0 Å². The average Bonchev–Trinajstić information content (AvgIpc) is 3.10. The summed E-state index contributed by atoms with van der Waals surface area (Å²) in [4.78, 5) is 16.3. The zero-order valence-electron chi connectivity index (χ0n) is 12.2. The summed E-state index contributed by atoms with van der Waals surface area (Å²) in [6.07, 6.45) is 3.12. The first-order chi connectivity index (χ1) is 10.7. The van der Waals surface area contributed by atoms with Crippen LogP contribution >= 0.6 is 0 Å². The van der Waals surface area contributed by atoms with Crippen LogP contribution in [0.15, 0.2) is 30.6 Å². The highest BCUT2D eigenvalue weighted by Gasteiger charge is 2.26. The zero-order chi connectivity index (χ0) is 15.4. The van der Waals surface area contributed by atoms with Crippen LogP contribution in [-0.4, -0.2) is 40.3 Å². The van der Waals surface area contributed by atoms with Gasteiger partial charge in [0, 0.05) is 24.5 Å². The van der Waals surface area contributed by atoms with E-state index in [9.17, 15) is 4.79 Å². The lowest BCUT2D eigenvalue weighted by atomic mass is 9.92. The molecule has 7 nitrogen and oxygen atoms in total. The quantitative estimate of drug-likeness (QED) is 0.786. The van der Waals surface area contributed by atoms with Crippen molar-refractivity contribution < 1.29 is 9.53 Å². The van der Waals surface area contributed by atoms with Gasteiger partial charge in [-0.25, -0.2) is 4.98 Å². The van der Waals surface area contributed by atoms with Crippen LogP contribution in [0.25, 0.3) is 11.4 Å². The number of ether oxygens (including phenoxy) is 1. The van der Waals surface area contributed by atoms with Crippen LogP contribution in [0.3, 0.4) is 0 Å². The Morgan fingerprint density at radius 2 is 2.05 bits per heavy atom. The summed E-state index contributed by atoms with van der Waals surface area (Å²) >= 11 is 0. The van der Waals surface area contributed by atoms with Crippen molar-refractivity contribution in [2.24, 2.45) is 11.7 Å². The van der Waals surface area contributed by atoms with Gasteiger partial charge in [0.1, 0.15) is 6.33 Å². The maximum Gasteiger partial charge on any atom is 0.241 e. The van der Waals surface area contributed by atoms with Gasteiger partial charge in [0.05, 0.1) is 6.04 Å². The molecule has 0 radical (unpaired) electrons. The second-order valence-corrected chi connectivity index (χ2v) is 5.38. The largest absolute Gasteiger partial charge is 0.381 e. The number of nitrogens with one attached hydrogen (secondary N) is 2. The summed E-state index contributed by atoms with van der Waals surface area (Å²) < 4.78 is 5.30. The second kappa shape index (κ2) is 6.67. The van der Waals surface area contributed by atoms with Gasteiger partial charge in [-0.2, -0.15) is 5.10 Å². The Bertz CT molecular complexity index is 605. The predicted molar refractivity (Wildman–Crippen MR) is 82.0 cm³/mol. The van der Waals surface area contributed by atoms with Crippen molar-refractivity contribution >= 4 is 11.6 Å². The van der Waals surface area contributed by atoms with E-state index in [-0.39, 0.29) is 11.8 Å². The van der Waals surface area contributed by atoms with Gasteiger partial charge in [-0.3, -0.25) is 9.89 Å². The van der Waals surface area contributed by atoms with Crippen LogP contribution < -0.4 is 11.1 Å². The van der Waals surface area contributed by atoms with Gasteiger partial charge in [0.25, 0.3) is 0 Å². The number of nitrogens with zero attached hydrogens (tertiary/aromatic N) is 2. The molecule has 0 spiro atoms. The molecule has 1 aliphatic rings. The van der Waals surface area contributed by atoms with Crippen LogP contribution in [0.4, 0.5) is 5.69 Å². The summed E-state index contributed by atoms with van der Waals surface area (Å²) in [6.45, 7) is 1.36. The number of carbonyl (C=O) groups is 1. The van der Waals surface area contributed by atoms with Gasteiger partial charge in [0.15, 0.2) is 5.82 Å². The first-order valence-electron chi connectivity index (χ1n) is 7.34. The topological polar surface area (TPSA) is 106 Å². The molecule has 4 N–H and O–H groups in total. The molecule has 1 fully saturated rings. The molecule has 1 unspecified atom stereocenters. The molecule has 0 aliphatic carbocycles. The molecule has 116 valence electrons. The molecular weight excluding hydrogens is 282 g/mol. The van der Waals surface area contributed by atoms with Crippen molar-refractivity contribution in [3.05, 3.63) is 30.6 Å². The molecule has 1 atom stereocenters. The van der Waals surface area contributed by atoms with Crippen molar-refractivity contribution in [3.8, 4) is 11.4 Å². The normalized spacial score (nSPS) is 17.1. The fourth-order valence-electron chi connectivity index (χ4n) is 2.57. The van der Waals surface area contributed by atoms with Gasteiger partial charge in [0.2, 0.25) is 5.91 Å². The Labute approximate surface area is 128 Å². The third kappa shape index (κ3) is 3.32. The van der Waals surface area contributed by atoms with E-state index < -0.39 is 6.04 Å². The predicted octanol–water partition coefficient (Wildman–Crippen LogP) is 1.16. The van der Waals surface area contributed by atoms with E-state index >= 15 is 0 Å². The number of anilines is 1. The summed E-state index contributed by atoms with van der Waals surface area (Å²) in [5, 5.41) is 9.47. The highest BCUT2D eigenvalue weighted by molar-refractivity contribution is 5.95. The average molecular weight is 301 g/mol. The second-order valence-electron chi connectivity index (χ2n) is 5.38. The van der Waals surface area contributed by atoms with E-state index in [0.29, 0.717) is 19.0 Å². The number of H-pyrrole nitrogens is 1. The number of nitrogens with two attached hydrogens (primary N) is 1. The molecule has 0 saturated carbocycles. The van der Waals surface area contributed by atoms with Crippen molar-refractivity contribution in [1.82, 2.24) is 15.2 Å². The minimum Gasteiger partial charge on any atom is -0.381 e. The van der Waals surface area contributed by atoms with Gasteiger partial charge < -0.3 is 15.8 Å². The Morgan fingerprint density at radius 1 is 1.32 bits per heavy atom.